The molecule has 0 saturated heterocycles. The number of thiophene rings is 2. The molecular formula is C18H19NOS2. The molecule has 114 valence electrons. The van der Waals surface area contributed by atoms with Crippen LogP contribution in [0.3, 0.4) is 0 Å². The van der Waals surface area contributed by atoms with Gasteiger partial charge >= 0.3 is 0 Å². The van der Waals surface area contributed by atoms with Gasteiger partial charge in [-0.3, -0.25) is 5.32 Å². The minimum atomic E-state index is 0.0832. The third-order valence-electron chi connectivity index (χ3n) is 3.71. The summed E-state index contributed by atoms with van der Waals surface area (Å²) >= 11 is 3.56. The van der Waals surface area contributed by atoms with E-state index < -0.39 is 0 Å². The Bertz CT molecular complexity index is 657. The summed E-state index contributed by atoms with van der Waals surface area (Å²) in [4.78, 5) is 2.65. The van der Waals surface area contributed by atoms with Crippen molar-refractivity contribution in [2.24, 2.45) is 0 Å². The van der Waals surface area contributed by atoms with Crippen LogP contribution in [-0.2, 0) is 6.61 Å². The van der Waals surface area contributed by atoms with E-state index in [1.54, 1.807) is 22.7 Å². The van der Waals surface area contributed by atoms with Crippen LogP contribution in [0.5, 0.6) is 0 Å². The molecule has 1 aromatic carbocycles. The lowest BCUT2D eigenvalue weighted by Gasteiger charge is -2.22. The normalized spacial score (nSPS) is 12.7. The van der Waals surface area contributed by atoms with Gasteiger partial charge in [0.15, 0.2) is 0 Å². The molecule has 2 heterocycles. The van der Waals surface area contributed by atoms with Crippen molar-refractivity contribution < 1.29 is 5.11 Å². The predicted octanol–water partition coefficient (Wildman–Crippen LogP) is 4.74. The van der Waals surface area contributed by atoms with Crippen LogP contribution in [0.15, 0.2) is 59.3 Å². The van der Waals surface area contributed by atoms with Gasteiger partial charge in [0.2, 0.25) is 0 Å². The van der Waals surface area contributed by atoms with E-state index in [-0.39, 0.29) is 18.7 Å². The summed E-state index contributed by atoms with van der Waals surface area (Å²) in [6.07, 6.45) is 0. The van der Waals surface area contributed by atoms with Crippen molar-refractivity contribution in [3.8, 4) is 0 Å². The summed E-state index contributed by atoms with van der Waals surface area (Å²) in [5, 5.41) is 17.3. The van der Waals surface area contributed by atoms with Gasteiger partial charge in [-0.15, -0.1) is 22.7 Å². The lowest BCUT2D eigenvalue weighted by atomic mass is 10.0. The Labute approximate surface area is 139 Å². The van der Waals surface area contributed by atoms with Crippen LogP contribution >= 0.6 is 22.7 Å². The fourth-order valence-corrected chi connectivity index (χ4v) is 4.20. The van der Waals surface area contributed by atoms with E-state index in [9.17, 15) is 5.11 Å². The second-order valence-electron chi connectivity index (χ2n) is 5.26. The van der Waals surface area contributed by atoms with E-state index in [2.05, 4.69) is 59.4 Å². The monoisotopic (exact) mass is 329 g/mol. The van der Waals surface area contributed by atoms with Crippen molar-refractivity contribution in [1.29, 1.82) is 0 Å². The fraction of sp³-hybridized carbons (Fsp3) is 0.222. The van der Waals surface area contributed by atoms with Gasteiger partial charge in [0.1, 0.15) is 0 Å². The Balaban J connectivity index is 1.84. The van der Waals surface area contributed by atoms with Gasteiger partial charge in [0.25, 0.3) is 0 Å². The molecule has 1 atom stereocenters. The molecule has 4 heteroatoms. The summed E-state index contributed by atoms with van der Waals surface area (Å²) < 4.78 is 0. The third-order valence-corrected chi connectivity index (χ3v) is 5.58. The van der Waals surface area contributed by atoms with Gasteiger partial charge in [-0.05, 0) is 40.9 Å². The topological polar surface area (TPSA) is 32.3 Å². The van der Waals surface area contributed by atoms with Gasteiger partial charge in [0.05, 0.1) is 12.6 Å². The molecule has 22 heavy (non-hydrogen) atoms. The van der Waals surface area contributed by atoms with Crippen LogP contribution in [0.2, 0.25) is 0 Å². The molecule has 0 aliphatic carbocycles. The van der Waals surface area contributed by atoms with E-state index >= 15 is 0 Å². The van der Waals surface area contributed by atoms with Crippen LogP contribution in [0.1, 0.15) is 39.9 Å². The van der Waals surface area contributed by atoms with Gasteiger partial charge < -0.3 is 5.11 Å². The molecule has 0 aliphatic heterocycles. The summed E-state index contributed by atoms with van der Waals surface area (Å²) in [5.74, 6) is 0. The molecule has 1 unspecified atom stereocenters. The predicted molar refractivity (Wildman–Crippen MR) is 94.4 cm³/mol. The molecule has 2 nitrogen and oxygen atoms in total. The van der Waals surface area contributed by atoms with Crippen molar-refractivity contribution in [1.82, 2.24) is 5.32 Å². The number of rotatable bonds is 6. The lowest BCUT2D eigenvalue weighted by Crippen LogP contribution is -2.24. The Morgan fingerprint density at radius 1 is 1.00 bits per heavy atom. The fourth-order valence-electron chi connectivity index (χ4n) is 2.52. The quantitative estimate of drug-likeness (QED) is 0.684. The molecule has 2 aromatic heterocycles. The maximum absolute atomic E-state index is 9.31. The smallest absolute Gasteiger partial charge is 0.0769 e. The number of benzene rings is 1. The Morgan fingerprint density at radius 3 is 2.23 bits per heavy atom. The second-order valence-corrected chi connectivity index (χ2v) is 7.21. The SMILES string of the molecule is CC(NC(c1cccs1)c1cccs1)c1cccc(CO)c1. The number of aliphatic hydroxyl groups excluding tert-OH is 1. The molecule has 0 fully saturated rings. The average molecular weight is 329 g/mol. The number of hydrogen-bond acceptors (Lipinski definition) is 4. The standard InChI is InChI=1S/C18H19NOS2/c1-13(15-6-2-5-14(11-15)12-20)19-18(16-7-3-9-21-16)17-8-4-10-22-17/h2-11,13,18-20H,12H2,1H3. The summed E-state index contributed by atoms with van der Waals surface area (Å²) in [6, 6.07) is 17.1. The summed E-state index contributed by atoms with van der Waals surface area (Å²) in [6.45, 7) is 2.25. The molecule has 2 N–H and O–H groups in total. The zero-order chi connectivity index (χ0) is 15.4. The molecule has 0 bridgehead atoms. The minimum absolute atomic E-state index is 0.0832. The number of hydrogen-bond donors (Lipinski definition) is 2. The molecule has 0 amide bonds. The average Bonchev–Trinajstić information content (AvgIpc) is 3.26. The molecule has 0 spiro atoms. The molecular weight excluding hydrogens is 310 g/mol. The summed E-state index contributed by atoms with van der Waals surface area (Å²) in [5.41, 5.74) is 2.15. The van der Waals surface area contributed by atoms with Crippen molar-refractivity contribution in [3.05, 3.63) is 80.2 Å². The highest BCUT2D eigenvalue weighted by molar-refractivity contribution is 7.11. The number of aliphatic hydroxyl groups is 1. The maximum Gasteiger partial charge on any atom is 0.0769 e. The minimum Gasteiger partial charge on any atom is -0.392 e. The highest BCUT2D eigenvalue weighted by Gasteiger charge is 2.19. The third kappa shape index (κ3) is 3.47. The van der Waals surface area contributed by atoms with Crippen molar-refractivity contribution in [2.45, 2.75) is 25.6 Å². The van der Waals surface area contributed by atoms with Gasteiger partial charge in [0, 0.05) is 15.8 Å². The molecule has 3 rings (SSSR count). The zero-order valence-electron chi connectivity index (χ0n) is 12.4. The van der Waals surface area contributed by atoms with E-state index in [0.29, 0.717) is 0 Å². The largest absolute Gasteiger partial charge is 0.392 e. The van der Waals surface area contributed by atoms with Gasteiger partial charge in [-0.1, -0.05) is 36.4 Å². The van der Waals surface area contributed by atoms with Crippen molar-refractivity contribution in [2.75, 3.05) is 0 Å². The van der Waals surface area contributed by atoms with Crippen LogP contribution < -0.4 is 5.32 Å². The van der Waals surface area contributed by atoms with Crippen molar-refractivity contribution in [3.63, 3.8) is 0 Å². The van der Waals surface area contributed by atoms with Gasteiger partial charge in [-0.25, -0.2) is 0 Å². The first-order chi connectivity index (χ1) is 10.8. The lowest BCUT2D eigenvalue weighted by molar-refractivity contribution is 0.281. The molecule has 0 aliphatic rings. The van der Waals surface area contributed by atoms with E-state index in [1.165, 1.54) is 15.3 Å². The Morgan fingerprint density at radius 2 is 1.68 bits per heavy atom. The van der Waals surface area contributed by atoms with E-state index in [0.717, 1.165) is 5.56 Å². The zero-order valence-corrected chi connectivity index (χ0v) is 14.0. The molecule has 0 saturated carbocycles. The van der Waals surface area contributed by atoms with Crippen LogP contribution in [-0.4, -0.2) is 5.11 Å². The molecule has 0 radical (unpaired) electrons. The first-order valence-electron chi connectivity index (χ1n) is 7.30. The van der Waals surface area contributed by atoms with Crippen LogP contribution in [0.25, 0.3) is 0 Å². The Hall–Kier alpha value is -1.46. The highest BCUT2D eigenvalue weighted by atomic mass is 32.1. The second kappa shape index (κ2) is 7.20. The highest BCUT2D eigenvalue weighted by Crippen LogP contribution is 2.31. The van der Waals surface area contributed by atoms with E-state index in [4.69, 9.17) is 0 Å². The number of nitrogens with one attached hydrogen (secondary N) is 1. The van der Waals surface area contributed by atoms with Crippen LogP contribution in [0.4, 0.5) is 0 Å². The van der Waals surface area contributed by atoms with E-state index in [1.807, 2.05) is 12.1 Å². The first kappa shape index (κ1) is 15.4. The first-order valence-corrected chi connectivity index (χ1v) is 9.06. The van der Waals surface area contributed by atoms with Gasteiger partial charge in [-0.2, -0.15) is 0 Å². The Kier molecular flexibility index (Phi) is 5.05. The summed E-state index contributed by atoms with van der Waals surface area (Å²) in [7, 11) is 0. The van der Waals surface area contributed by atoms with Crippen LogP contribution in [0, 0.1) is 0 Å². The van der Waals surface area contributed by atoms with Crippen molar-refractivity contribution >= 4 is 22.7 Å². The molecule has 3 aromatic rings. The maximum atomic E-state index is 9.31.